The summed E-state index contributed by atoms with van der Waals surface area (Å²) in [5.41, 5.74) is 0. The van der Waals surface area contributed by atoms with E-state index in [1.54, 1.807) is 0 Å². The van der Waals surface area contributed by atoms with Crippen LogP contribution in [-0.2, 0) is 42.9 Å². The van der Waals surface area contributed by atoms with E-state index in [2.05, 4.69) is 93.7 Å². The first-order chi connectivity index (χ1) is 37.6. The van der Waals surface area contributed by atoms with Crippen LogP contribution in [0.3, 0.4) is 0 Å². The molecule has 0 radical (unpaired) electrons. The Bertz CT molecular complexity index is 1620. The third-order valence-electron chi connectivity index (χ3n) is 13.8. The maximum atomic E-state index is 13.1. The number of esters is 3. The zero-order chi connectivity index (χ0) is 56.1. The van der Waals surface area contributed by atoms with Crippen LogP contribution in [0.4, 0.5) is 0 Å². The Morgan fingerprint density at radius 1 is 0.442 bits per heavy atom. The summed E-state index contributed by atoms with van der Waals surface area (Å²) < 4.78 is 28.4. The summed E-state index contributed by atoms with van der Waals surface area (Å²) in [7, 11) is 0. The predicted molar refractivity (Wildman–Crippen MR) is 312 cm³/mol. The lowest BCUT2D eigenvalue weighted by Crippen LogP contribution is -2.61. The van der Waals surface area contributed by atoms with Crippen LogP contribution in [0, 0.1) is 0 Å². The van der Waals surface area contributed by atoms with Gasteiger partial charge in [0.25, 0.3) is 0 Å². The van der Waals surface area contributed by atoms with Gasteiger partial charge in [0.15, 0.2) is 24.6 Å². The van der Waals surface area contributed by atoms with Crippen molar-refractivity contribution in [2.45, 2.75) is 302 Å². The summed E-state index contributed by atoms with van der Waals surface area (Å²) in [5, 5.41) is 31.5. The number of ether oxygens (including phenoxy) is 5. The molecule has 1 saturated heterocycles. The molecule has 0 aliphatic carbocycles. The van der Waals surface area contributed by atoms with Gasteiger partial charge >= 0.3 is 23.9 Å². The van der Waals surface area contributed by atoms with E-state index >= 15 is 0 Å². The molecule has 0 spiro atoms. The van der Waals surface area contributed by atoms with Gasteiger partial charge in [-0.15, -0.1) is 0 Å². The molecular formula is C65H110O12. The number of hydrogen-bond acceptors (Lipinski definition) is 11. The molecule has 442 valence electrons. The third kappa shape index (κ3) is 42.7. The number of aliphatic carboxylic acids is 1. The third-order valence-corrected chi connectivity index (χ3v) is 13.8. The predicted octanol–water partition coefficient (Wildman–Crippen LogP) is 16.1. The summed E-state index contributed by atoms with van der Waals surface area (Å²) in [6.45, 7) is 5.85. The van der Waals surface area contributed by atoms with Crippen molar-refractivity contribution in [2.75, 3.05) is 13.2 Å². The Labute approximate surface area is 468 Å². The molecule has 0 aromatic carbocycles. The molecule has 1 heterocycles. The molecule has 6 atom stereocenters. The number of carbonyl (C=O) groups is 4. The Balaban J connectivity index is 2.67. The topological polar surface area (TPSA) is 175 Å². The van der Waals surface area contributed by atoms with E-state index in [0.29, 0.717) is 19.3 Å². The fourth-order valence-electron chi connectivity index (χ4n) is 9.04. The minimum absolute atomic E-state index is 0.0520. The first kappa shape index (κ1) is 71.2. The summed E-state index contributed by atoms with van der Waals surface area (Å²) in [5.74, 6) is -3.16. The highest BCUT2D eigenvalue weighted by Crippen LogP contribution is 2.26. The normalized spacial score (nSPS) is 18.5. The van der Waals surface area contributed by atoms with Crippen LogP contribution < -0.4 is 0 Å². The number of carboxylic acid groups (broad SMARTS) is 1. The second-order valence-electron chi connectivity index (χ2n) is 21.0. The number of rotatable bonds is 52. The van der Waals surface area contributed by atoms with Crippen LogP contribution >= 0.6 is 0 Å². The SMILES string of the molecule is CC/C=C\C/C=C\C/C=C\C/C=C\C/C=C\CCCCCC(=O)OCC(COC1OC(C(=O)O)C(O)C(O)C1OC(=O)CCCCCCCCC/C=C\CCCCCCCC)OC(=O)CCCCCCCCCCCCC. The molecule has 1 aliphatic rings. The van der Waals surface area contributed by atoms with Gasteiger partial charge in [-0.05, 0) is 89.9 Å². The zero-order valence-corrected chi connectivity index (χ0v) is 48.7. The average Bonchev–Trinajstić information content (AvgIpc) is 3.41. The molecule has 1 aliphatic heterocycles. The van der Waals surface area contributed by atoms with E-state index in [0.717, 1.165) is 103 Å². The van der Waals surface area contributed by atoms with E-state index in [1.165, 1.54) is 103 Å². The highest BCUT2D eigenvalue weighted by atomic mass is 16.7. The van der Waals surface area contributed by atoms with Crippen molar-refractivity contribution in [1.29, 1.82) is 0 Å². The first-order valence-electron chi connectivity index (χ1n) is 30.9. The Morgan fingerprint density at radius 3 is 1.27 bits per heavy atom. The zero-order valence-electron chi connectivity index (χ0n) is 48.7. The van der Waals surface area contributed by atoms with Crippen molar-refractivity contribution in [3.8, 4) is 0 Å². The lowest BCUT2D eigenvalue weighted by molar-refractivity contribution is -0.301. The van der Waals surface area contributed by atoms with Crippen LogP contribution in [0.1, 0.15) is 265 Å². The smallest absolute Gasteiger partial charge is 0.335 e. The van der Waals surface area contributed by atoms with Gasteiger partial charge in [0.2, 0.25) is 0 Å². The van der Waals surface area contributed by atoms with Crippen molar-refractivity contribution in [2.24, 2.45) is 0 Å². The lowest BCUT2D eigenvalue weighted by Gasteiger charge is -2.40. The summed E-state index contributed by atoms with van der Waals surface area (Å²) in [6, 6.07) is 0. The van der Waals surface area contributed by atoms with Crippen molar-refractivity contribution in [3.05, 3.63) is 72.9 Å². The molecule has 0 saturated carbocycles. The summed E-state index contributed by atoms with van der Waals surface area (Å²) in [6.07, 6.45) is 54.4. The average molecular weight is 1080 g/mol. The number of carboxylic acids is 1. The molecule has 12 nitrogen and oxygen atoms in total. The maximum Gasteiger partial charge on any atom is 0.335 e. The largest absolute Gasteiger partial charge is 0.479 e. The number of aliphatic hydroxyl groups excluding tert-OH is 2. The minimum Gasteiger partial charge on any atom is -0.479 e. The van der Waals surface area contributed by atoms with Crippen LogP contribution in [0.15, 0.2) is 72.9 Å². The quantitative estimate of drug-likeness (QED) is 0.0228. The lowest BCUT2D eigenvalue weighted by atomic mass is 9.98. The van der Waals surface area contributed by atoms with Gasteiger partial charge in [-0.3, -0.25) is 14.4 Å². The summed E-state index contributed by atoms with van der Waals surface area (Å²) in [4.78, 5) is 51.1. The van der Waals surface area contributed by atoms with Crippen LogP contribution in [0.2, 0.25) is 0 Å². The van der Waals surface area contributed by atoms with E-state index in [4.69, 9.17) is 23.7 Å². The second kappa shape index (κ2) is 52.8. The molecule has 0 aromatic heterocycles. The fraction of sp³-hybridized carbons (Fsp3) is 0.754. The first-order valence-corrected chi connectivity index (χ1v) is 30.9. The van der Waals surface area contributed by atoms with Gasteiger partial charge in [0, 0.05) is 19.3 Å². The number of unbranched alkanes of at least 4 members (excludes halogenated alkanes) is 26. The highest BCUT2D eigenvalue weighted by molar-refractivity contribution is 5.74. The van der Waals surface area contributed by atoms with Crippen LogP contribution in [0.5, 0.6) is 0 Å². The molecule has 12 heteroatoms. The van der Waals surface area contributed by atoms with Crippen molar-refractivity contribution in [3.63, 3.8) is 0 Å². The van der Waals surface area contributed by atoms with Gasteiger partial charge in [-0.1, -0.05) is 229 Å². The van der Waals surface area contributed by atoms with Crippen molar-refractivity contribution < 1.29 is 58.2 Å². The van der Waals surface area contributed by atoms with Crippen molar-refractivity contribution >= 4 is 23.9 Å². The molecular weight excluding hydrogens is 973 g/mol. The van der Waals surface area contributed by atoms with E-state index in [9.17, 15) is 34.5 Å². The molecule has 6 unspecified atom stereocenters. The molecule has 1 fully saturated rings. The Hall–Kier alpha value is -3.84. The van der Waals surface area contributed by atoms with E-state index in [1.807, 2.05) is 0 Å². The number of hydrogen-bond donors (Lipinski definition) is 3. The monoisotopic (exact) mass is 1080 g/mol. The molecule has 0 bridgehead atoms. The van der Waals surface area contributed by atoms with E-state index < -0.39 is 67.3 Å². The maximum absolute atomic E-state index is 13.1. The van der Waals surface area contributed by atoms with Crippen LogP contribution in [0.25, 0.3) is 0 Å². The number of aliphatic hydroxyl groups is 2. The van der Waals surface area contributed by atoms with Gasteiger partial charge < -0.3 is 39.0 Å². The molecule has 0 aromatic rings. The highest BCUT2D eigenvalue weighted by Gasteiger charge is 2.50. The van der Waals surface area contributed by atoms with Crippen molar-refractivity contribution in [1.82, 2.24) is 0 Å². The molecule has 1 rings (SSSR count). The Morgan fingerprint density at radius 2 is 0.818 bits per heavy atom. The van der Waals surface area contributed by atoms with Gasteiger partial charge in [-0.25, -0.2) is 4.79 Å². The summed E-state index contributed by atoms with van der Waals surface area (Å²) >= 11 is 0. The fourth-order valence-corrected chi connectivity index (χ4v) is 9.04. The molecule has 77 heavy (non-hydrogen) atoms. The molecule has 0 amide bonds. The number of allylic oxidation sites excluding steroid dienone is 12. The minimum atomic E-state index is -1.91. The van der Waals surface area contributed by atoms with E-state index in [-0.39, 0.29) is 25.9 Å². The second-order valence-corrected chi connectivity index (χ2v) is 21.0. The number of carbonyl (C=O) groups excluding carboxylic acids is 3. The Kier molecular flexibility index (Phi) is 48.8. The molecule has 3 N–H and O–H groups in total. The van der Waals surface area contributed by atoms with Gasteiger partial charge in [0.1, 0.15) is 18.8 Å². The van der Waals surface area contributed by atoms with Gasteiger partial charge in [0.05, 0.1) is 6.61 Å². The van der Waals surface area contributed by atoms with Gasteiger partial charge in [-0.2, -0.15) is 0 Å². The van der Waals surface area contributed by atoms with Crippen LogP contribution in [-0.4, -0.2) is 89.2 Å². The standard InChI is InChI=1S/C65H110O12/c1-4-7-10-13-16-19-22-24-26-28-29-31-32-34-37-39-42-45-48-51-57(66)73-54-56(75-58(67)52-49-46-43-40-36-21-18-15-12-9-6-3)55-74-65-63(61(70)60(69)62(77-65)64(71)72)76-59(68)53-50-47-44-41-38-35-33-30-27-25-23-20-17-14-11-8-5-2/h7,10,16,19,24-27,29,31,34,37,56,60-63,65,69-70H,4-6,8-9,11-15,17-18,20-23,28,30,32-33,35-36,38-55H2,1-3H3,(H,71,72)/b10-7-,19-16-,26-24-,27-25-,31-29-,37-34-.